The van der Waals surface area contributed by atoms with Gasteiger partial charge in [-0.3, -0.25) is 4.98 Å². The molecule has 0 saturated heterocycles. The third-order valence-electron chi connectivity index (χ3n) is 2.26. The van der Waals surface area contributed by atoms with E-state index in [1.807, 2.05) is 24.3 Å². The van der Waals surface area contributed by atoms with Gasteiger partial charge in [-0.2, -0.15) is 0 Å². The van der Waals surface area contributed by atoms with Crippen molar-refractivity contribution in [1.82, 2.24) is 4.98 Å². The number of benzene rings is 1. The molecule has 1 N–H and O–H groups in total. The molecule has 0 unspecified atom stereocenters. The third kappa shape index (κ3) is 3.70. The molecule has 6 heteroatoms. The van der Waals surface area contributed by atoms with Gasteiger partial charge >= 0.3 is 0 Å². The summed E-state index contributed by atoms with van der Waals surface area (Å²) >= 11 is 16.3. The van der Waals surface area contributed by atoms with Crippen LogP contribution < -0.4 is 5.32 Å². The zero-order chi connectivity index (χ0) is 13.1. The molecule has 0 bridgehead atoms. The number of hydrogen-bond acceptors (Lipinski definition) is 2. The van der Waals surface area contributed by atoms with Crippen molar-refractivity contribution < 1.29 is 0 Å². The Morgan fingerprint density at radius 1 is 1.11 bits per heavy atom. The van der Waals surface area contributed by atoms with Crippen molar-refractivity contribution >= 4 is 65.1 Å². The van der Waals surface area contributed by atoms with Crippen LogP contribution in [0, 0.1) is 0 Å². The van der Waals surface area contributed by atoms with Crippen molar-refractivity contribution in [2.75, 3.05) is 5.32 Å². The zero-order valence-electron chi connectivity index (χ0n) is 9.05. The highest BCUT2D eigenvalue weighted by Gasteiger charge is 2.04. The van der Waals surface area contributed by atoms with Crippen LogP contribution in [0.2, 0.25) is 5.02 Å². The fourth-order valence-electron chi connectivity index (χ4n) is 1.38. The van der Waals surface area contributed by atoms with E-state index >= 15 is 0 Å². The van der Waals surface area contributed by atoms with E-state index in [2.05, 4.69) is 58.1 Å². The lowest BCUT2D eigenvalue weighted by Gasteiger charge is -2.10. The summed E-state index contributed by atoms with van der Waals surface area (Å²) in [5.41, 5.74) is 1.88. The minimum absolute atomic E-state index is 0.618. The smallest absolute Gasteiger partial charge is 0.0737 e. The number of hydrogen-bond donors (Lipinski definition) is 1. The molecule has 0 amide bonds. The van der Waals surface area contributed by atoms with Crippen molar-refractivity contribution in [3.8, 4) is 0 Å². The average Bonchev–Trinajstić information content (AvgIpc) is 2.32. The van der Waals surface area contributed by atoms with Crippen LogP contribution in [0.25, 0.3) is 0 Å². The summed E-state index contributed by atoms with van der Waals surface area (Å²) in [5.74, 6) is 0. The molecule has 0 spiro atoms. The van der Waals surface area contributed by atoms with E-state index in [0.717, 1.165) is 24.8 Å². The van der Waals surface area contributed by atoms with E-state index in [4.69, 9.17) is 11.6 Å². The number of nitrogens with one attached hydrogen (secondary N) is 1. The molecule has 1 heterocycles. The summed E-state index contributed by atoms with van der Waals surface area (Å²) in [7, 11) is 0. The van der Waals surface area contributed by atoms with Gasteiger partial charge < -0.3 is 5.32 Å². The molecule has 0 atom stereocenters. The molecule has 1 aromatic carbocycles. The van der Waals surface area contributed by atoms with Crippen molar-refractivity contribution in [2.24, 2.45) is 0 Å². The summed E-state index contributed by atoms with van der Waals surface area (Å²) in [6, 6.07) is 7.59. The molecule has 2 rings (SSSR count). The summed E-state index contributed by atoms with van der Waals surface area (Å²) in [4.78, 5) is 4.34. The number of rotatable bonds is 3. The van der Waals surface area contributed by atoms with Crippen LogP contribution in [0.3, 0.4) is 0 Å². The molecule has 1 aromatic heterocycles. The first-order valence-electron chi connectivity index (χ1n) is 5.05. The lowest BCUT2D eigenvalue weighted by Crippen LogP contribution is -2.03. The number of aromatic nitrogens is 1. The molecule has 0 aliphatic rings. The lowest BCUT2D eigenvalue weighted by atomic mass is 10.3. The van der Waals surface area contributed by atoms with Crippen LogP contribution in [0.5, 0.6) is 0 Å². The average molecular weight is 455 g/mol. The Morgan fingerprint density at radius 3 is 2.61 bits per heavy atom. The maximum Gasteiger partial charge on any atom is 0.0737 e. The van der Waals surface area contributed by atoms with Gasteiger partial charge in [0, 0.05) is 24.6 Å². The molecule has 0 fully saturated rings. The molecule has 2 nitrogen and oxygen atoms in total. The molecule has 0 radical (unpaired) electrons. The minimum Gasteiger partial charge on any atom is -0.378 e. The van der Waals surface area contributed by atoms with Crippen LogP contribution in [0.1, 0.15) is 5.69 Å². The standard InChI is InChI=1S/C12H8Br3ClN2/c13-7-3-10(15)12(17-5-7)6-18-11-4-8(16)1-2-9(11)14/h1-5,18H,6H2. The number of pyridine rings is 1. The van der Waals surface area contributed by atoms with E-state index in [-0.39, 0.29) is 0 Å². The first-order chi connectivity index (χ1) is 8.56. The number of halogens is 4. The van der Waals surface area contributed by atoms with Gasteiger partial charge in [-0.15, -0.1) is 0 Å². The zero-order valence-corrected chi connectivity index (χ0v) is 14.6. The second kappa shape index (κ2) is 6.37. The number of anilines is 1. The Labute approximate surface area is 136 Å². The summed E-state index contributed by atoms with van der Waals surface area (Å²) < 4.78 is 2.88. The van der Waals surface area contributed by atoms with Crippen molar-refractivity contribution in [3.63, 3.8) is 0 Å². The Balaban J connectivity index is 2.13. The Kier molecular flexibility index (Phi) is 5.06. The lowest BCUT2D eigenvalue weighted by molar-refractivity contribution is 1.03. The van der Waals surface area contributed by atoms with Crippen LogP contribution in [0.15, 0.2) is 43.9 Å². The first kappa shape index (κ1) is 14.3. The van der Waals surface area contributed by atoms with Crippen molar-refractivity contribution in [1.29, 1.82) is 0 Å². The molecule has 0 aliphatic carbocycles. The molecule has 2 aromatic rings. The molecule has 0 saturated carbocycles. The van der Waals surface area contributed by atoms with Gasteiger partial charge in [0.1, 0.15) is 0 Å². The van der Waals surface area contributed by atoms with E-state index in [1.54, 1.807) is 6.20 Å². The fourth-order valence-corrected chi connectivity index (χ4v) is 3.07. The summed E-state index contributed by atoms with van der Waals surface area (Å²) in [5, 5.41) is 3.99. The van der Waals surface area contributed by atoms with Crippen LogP contribution >= 0.6 is 59.4 Å². The quantitative estimate of drug-likeness (QED) is 0.649. The molecule has 0 aliphatic heterocycles. The predicted octanol–water partition coefficient (Wildman–Crippen LogP) is 5.63. The first-order valence-corrected chi connectivity index (χ1v) is 7.81. The van der Waals surface area contributed by atoms with Gasteiger partial charge in [-0.25, -0.2) is 0 Å². The SMILES string of the molecule is Clc1ccc(Br)c(NCc2ncc(Br)cc2Br)c1. The Hall–Kier alpha value is -0.100. The molecular formula is C12H8Br3ClN2. The second-order valence-electron chi connectivity index (χ2n) is 3.56. The highest BCUT2D eigenvalue weighted by atomic mass is 79.9. The Morgan fingerprint density at radius 2 is 1.89 bits per heavy atom. The molecular weight excluding hydrogens is 447 g/mol. The molecule has 18 heavy (non-hydrogen) atoms. The van der Waals surface area contributed by atoms with Crippen LogP contribution in [0.4, 0.5) is 5.69 Å². The second-order valence-corrected chi connectivity index (χ2v) is 6.62. The van der Waals surface area contributed by atoms with E-state index < -0.39 is 0 Å². The summed E-state index contributed by atoms with van der Waals surface area (Å²) in [6.07, 6.45) is 1.77. The monoisotopic (exact) mass is 452 g/mol. The van der Waals surface area contributed by atoms with Crippen LogP contribution in [-0.2, 0) is 6.54 Å². The highest BCUT2D eigenvalue weighted by Crippen LogP contribution is 2.27. The molecule has 94 valence electrons. The van der Waals surface area contributed by atoms with Crippen LogP contribution in [-0.4, -0.2) is 4.98 Å². The maximum absolute atomic E-state index is 5.96. The minimum atomic E-state index is 0.618. The number of nitrogens with zero attached hydrogens (tertiary/aromatic N) is 1. The van der Waals surface area contributed by atoms with Gasteiger partial charge in [-0.1, -0.05) is 11.6 Å². The normalized spacial score (nSPS) is 10.4. The van der Waals surface area contributed by atoms with Crippen molar-refractivity contribution in [2.45, 2.75) is 6.54 Å². The third-order valence-corrected chi connectivity index (χ3v) is 4.31. The Bertz CT molecular complexity index is 575. The van der Waals surface area contributed by atoms with E-state index in [1.165, 1.54) is 0 Å². The largest absolute Gasteiger partial charge is 0.378 e. The van der Waals surface area contributed by atoms with Gasteiger partial charge in [0.2, 0.25) is 0 Å². The maximum atomic E-state index is 5.96. The highest BCUT2D eigenvalue weighted by molar-refractivity contribution is 9.11. The summed E-state index contributed by atoms with van der Waals surface area (Å²) in [6.45, 7) is 0.618. The van der Waals surface area contributed by atoms with Crippen molar-refractivity contribution in [3.05, 3.63) is 54.6 Å². The van der Waals surface area contributed by atoms with E-state index in [0.29, 0.717) is 11.6 Å². The predicted molar refractivity (Wildman–Crippen MR) is 86.1 cm³/mol. The van der Waals surface area contributed by atoms with Gasteiger partial charge in [0.25, 0.3) is 0 Å². The van der Waals surface area contributed by atoms with Gasteiger partial charge in [0.15, 0.2) is 0 Å². The van der Waals surface area contributed by atoms with E-state index in [9.17, 15) is 0 Å². The topological polar surface area (TPSA) is 24.9 Å². The fraction of sp³-hybridized carbons (Fsp3) is 0.0833. The van der Waals surface area contributed by atoms with Gasteiger partial charge in [0.05, 0.1) is 17.9 Å². The van der Waals surface area contributed by atoms with Gasteiger partial charge in [-0.05, 0) is 72.1 Å².